The predicted molar refractivity (Wildman–Crippen MR) is 129 cm³/mol. The summed E-state index contributed by atoms with van der Waals surface area (Å²) in [6.45, 7) is 5.98. The van der Waals surface area contributed by atoms with Crippen molar-refractivity contribution < 1.29 is 22.7 Å². The van der Waals surface area contributed by atoms with Crippen LogP contribution in [0.1, 0.15) is 48.5 Å². The number of carbonyl (C=O) groups is 2. The average Bonchev–Trinajstić information content (AvgIpc) is 2.84. The van der Waals surface area contributed by atoms with E-state index in [1.54, 1.807) is 6.07 Å². The fraction of sp³-hybridized carbons (Fsp3) is 0.259. The minimum absolute atomic E-state index is 0.0256. The van der Waals surface area contributed by atoms with Gasteiger partial charge in [0.2, 0.25) is 15.8 Å². The molecule has 3 aromatic carbocycles. The van der Waals surface area contributed by atoms with Crippen LogP contribution in [0.3, 0.4) is 0 Å². The van der Waals surface area contributed by atoms with Crippen LogP contribution < -0.4 is 0 Å². The van der Waals surface area contributed by atoms with E-state index >= 15 is 0 Å². The first-order valence-corrected chi connectivity index (χ1v) is 12.6. The van der Waals surface area contributed by atoms with Gasteiger partial charge >= 0.3 is 5.97 Å². The van der Waals surface area contributed by atoms with E-state index in [-0.39, 0.29) is 22.8 Å². The Morgan fingerprint density at radius 3 is 2.35 bits per heavy atom. The first-order valence-electron chi connectivity index (χ1n) is 11.1. The molecule has 4 rings (SSSR count). The van der Waals surface area contributed by atoms with E-state index in [1.807, 2.05) is 51.1 Å². The highest BCUT2D eigenvalue weighted by Crippen LogP contribution is 2.25. The van der Waals surface area contributed by atoms with Gasteiger partial charge in [-0.2, -0.15) is 4.31 Å². The fourth-order valence-electron chi connectivity index (χ4n) is 4.16. The zero-order valence-corrected chi connectivity index (χ0v) is 20.3. The summed E-state index contributed by atoms with van der Waals surface area (Å²) in [5, 5.41) is 0. The van der Waals surface area contributed by atoms with Crippen LogP contribution in [0.5, 0.6) is 0 Å². The Labute approximate surface area is 200 Å². The maximum absolute atomic E-state index is 13.2. The van der Waals surface area contributed by atoms with Crippen LogP contribution in [-0.2, 0) is 27.7 Å². The van der Waals surface area contributed by atoms with Crippen LogP contribution in [0.25, 0.3) is 0 Å². The largest absolute Gasteiger partial charge is 0.454 e. The lowest BCUT2D eigenvalue weighted by Crippen LogP contribution is -2.36. The third kappa shape index (κ3) is 4.81. The van der Waals surface area contributed by atoms with Gasteiger partial charge in [0.1, 0.15) is 0 Å². The van der Waals surface area contributed by atoms with Crippen molar-refractivity contribution in [3.05, 3.63) is 99.6 Å². The summed E-state index contributed by atoms with van der Waals surface area (Å²) in [6.07, 6.45) is 0.636. The van der Waals surface area contributed by atoms with Gasteiger partial charge in [-0.25, -0.2) is 13.2 Å². The van der Waals surface area contributed by atoms with Gasteiger partial charge in [-0.1, -0.05) is 36.4 Å². The second-order valence-corrected chi connectivity index (χ2v) is 10.6. The molecule has 0 amide bonds. The molecular weight excluding hydrogens is 450 g/mol. The standard InChI is InChI=1S/C27H27NO5S/c1-18-13-20(3)25(14-19(18)2)26(29)17-33-27(30)22-9-6-10-24(15-22)34(31,32)28-12-11-21-7-4-5-8-23(21)16-28/h4-10,13-15H,11-12,16-17H2,1-3H3. The molecule has 0 N–H and O–H groups in total. The van der Waals surface area contributed by atoms with E-state index in [0.29, 0.717) is 18.5 Å². The van der Waals surface area contributed by atoms with Crippen LogP contribution in [-0.4, -0.2) is 37.6 Å². The molecule has 3 aromatic rings. The summed E-state index contributed by atoms with van der Waals surface area (Å²) in [5.74, 6) is -1.04. The zero-order chi connectivity index (χ0) is 24.5. The first kappa shape index (κ1) is 23.9. The Balaban J connectivity index is 1.47. The lowest BCUT2D eigenvalue weighted by atomic mass is 9.98. The van der Waals surface area contributed by atoms with Crippen LogP contribution in [0.15, 0.2) is 65.6 Å². The third-order valence-corrected chi connectivity index (χ3v) is 8.12. The summed E-state index contributed by atoms with van der Waals surface area (Å²) in [6, 6.07) is 17.3. The summed E-state index contributed by atoms with van der Waals surface area (Å²) in [7, 11) is -3.79. The van der Waals surface area contributed by atoms with Gasteiger partial charge in [-0.15, -0.1) is 0 Å². The van der Waals surface area contributed by atoms with Crippen LogP contribution >= 0.6 is 0 Å². The number of hydrogen-bond donors (Lipinski definition) is 0. The topological polar surface area (TPSA) is 80.8 Å². The lowest BCUT2D eigenvalue weighted by molar-refractivity contribution is 0.0474. The highest BCUT2D eigenvalue weighted by atomic mass is 32.2. The summed E-state index contributed by atoms with van der Waals surface area (Å²) in [5.41, 5.74) is 5.61. The molecule has 0 aliphatic carbocycles. The predicted octanol–water partition coefficient (Wildman–Crippen LogP) is 4.40. The first-order chi connectivity index (χ1) is 16.2. The van der Waals surface area contributed by atoms with E-state index in [0.717, 1.165) is 27.8 Å². The van der Waals surface area contributed by atoms with Gasteiger partial charge in [0.05, 0.1) is 10.5 Å². The second-order valence-electron chi connectivity index (χ2n) is 8.64. The van der Waals surface area contributed by atoms with Gasteiger partial charge in [0, 0.05) is 18.7 Å². The van der Waals surface area contributed by atoms with Crippen molar-refractivity contribution in [2.75, 3.05) is 13.2 Å². The van der Waals surface area contributed by atoms with Crippen molar-refractivity contribution in [3.63, 3.8) is 0 Å². The maximum atomic E-state index is 13.2. The molecule has 1 heterocycles. The minimum Gasteiger partial charge on any atom is -0.454 e. The molecule has 0 fully saturated rings. The zero-order valence-electron chi connectivity index (χ0n) is 19.5. The molecule has 1 aliphatic rings. The minimum atomic E-state index is -3.79. The van der Waals surface area contributed by atoms with Gasteiger partial charge in [-0.3, -0.25) is 4.79 Å². The van der Waals surface area contributed by atoms with Crippen molar-refractivity contribution >= 4 is 21.8 Å². The highest BCUT2D eigenvalue weighted by molar-refractivity contribution is 7.89. The number of rotatable bonds is 6. The number of nitrogens with zero attached hydrogens (tertiary/aromatic N) is 1. The molecule has 0 atom stereocenters. The number of fused-ring (bicyclic) bond motifs is 1. The number of benzene rings is 3. The quantitative estimate of drug-likeness (QED) is 0.388. The van der Waals surface area contributed by atoms with Gasteiger partial charge < -0.3 is 4.74 Å². The summed E-state index contributed by atoms with van der Waals surface area (Å²) in [4.78, 5) is 25.3. The number of Topliss-reactive ketones (excluding diaryl/α,β-unsaturated/α-hetero) is 1. The Kier molecular flexibility index (Phi) is 6.68. The molecule has 1 aliphatic heterocycles. The number of carbonyl (C=O) groups excluding carboxylic acids is 2. The number of esters is 1. The third-order valence-electron chi connectivity index (χ3n) is 6.28. The molecule has 0 radical (unpaired) electrons. The maximum Gasteiger partial charge on any atom is 0.338 e. The number of ether oxygens (including phenoxy) is 1. The van der Waals surface area contributed by atoms with Crippen LogP contribution in [0, 0.1) is 20.8 Å². The molecule has 0 saturated heterocycles. The van der Waals surface area contributed by atoms with Crippen molar-refractivity contribution in [2.24, 2.45) is 0 Å². The van der Waals surface area contributed by atoms with Gasteiger partial charge in [0.25, 0.3) is 0 Å². The molecule has 0 saturated carbocycles. The Morgan fingerprint density at radius 1 is 0.882 bits per heavy atom. The number of hydrogen-bond acceptors (Lipinski definition) is 5. The van der Waals surface area contributed by atoms with E-state index in [9.17, 15) is 18.0 Å². The molecule has 0 aromatic heterocycles. The van der Waals surface area contributed by atoms with E-state index in [4.69, 9.17) is 4.74 Å². The molecule has 6 nitrogen and oxygen atoms in total. The Morgan fingerprint density at radius 2 is 1.59 bits per heavy atom. The van der Waals surface area contributed by atoms with Crippen molar-refractivity contribution in [2.45, 2.75) is 38.6 Å². The van der Waals surface area contributed by atoms with E-state index in [2.05, 4.69) is 0 Å². The molecule has 7 heteroatoms. The molecular formula is C27H27NO5S. The summed E-state index contributed by atoms with van der Waals surface area (Å²) >= 11 is 0. The Hall–Kier alpha value is -3.29. The number of sulfonamides is 1. The SMILES string of the molecule is Cc1cc(C)c(C(=O)COC(=O)c2cccc(S(=O)(=O)N3CCc4ccccc4C3)c2)cc1C. The van der Waals surface area contributed by atoms with Crippen molar-refractivity contribution in [1.29, 1.82) is 0 Å². The molecule has 0 bridgehead atoms. The number of aryl methyl sites for hydroxylation is 3. The summed E-state index contributed by atoms with van der Waals surface area (Å²) < 4.78 is 33.1. The van der Waals surface area contributed by atoms with E-state index in [1.165, 1.54) is 28.6 Å². The highest BCUT2D eigenvalue weighted by Gasteiger charge is 2.29. The van der Waals surface area contributed by atoms with Crippen molar-refractivity contribution in [3.8, 4) is 0 Å². The molecule has 34 heavy (non-hydrogen) atoms. The smallest absolute Gasteiger partial charge is 0.338 e. The second kappa shape index (κ2) is 9.52. The fourth-order valence-corrected chi connectivity index (χ4v) is 5.63. The number of ketones is 1. The van der Waals surface area contributed by atoms with Gasteiger partial charge in [-0.05, 0) is 79.3 Å². The molecule has 0 spiro atoms. The van der Waals surface area contributed by atoms with Gasteiger partial charge in [0.15, 0.2) is 6.61 Å². The normalized spacial score (nSPS) is 13.9. The molecule has 176 valence electrons. The molecule has 0 unspecified atom stereocenters. The van der Waals surface area contributed by atoms with Crippen LogP contribution in [0.2, 0.25) is 0 Å². The lowest BCUT2D eigenvalue weighted by Gasteiger charge is -2.28. The monoisotopic (exact) mass is 477 g/mol. The average molecular weight is 478 g/mol. The Bertz CT molecular complexity index is 1380. The van der Waals surface area contributed by atoms with Crippen molar-refractivity contribution in [1.82, 2.24) is 4.31 Å². The van der Waals surface area contributed by atoms with Crippen LogP contribution in [0.4, 0.5) is 0 Å². The van der Waals surface area contributed by atoms with E-state index < -0.39 is 22.6 Å².